The topological polar surface area (TPSA) is 67.3 Å². The fraction of sp³-hybridized carbons (Fsp3) is 0.920. The van der Waals surface area contributed by atoms with E-state index in [4.69, 9.17) is 11.6 Å². The maximum Gasteiger partial charge on any atom is 0.0243 e. The Balaban J connectivity index is -0.000000234. The minimum Gasteiger partial charge on any atom is -0.325 e. The Hall–Kier alpha value is -0.510. The van der Waals surface area contributed by atoms with Gasteiger partial charge >= 0.3 is 0 Å². The van der Waals surface area contributed by atoms with E-state index in [9.17, 15) is 0 Å². The molecule has 5 N–H and O–H groups in total. The number of hydrazine groups is 1. The van der Waals surface area contributed by atoms with Gasteiger partial charge in [-0.1, -0.05) is 162 Å². The van der Waals surface area contributed by atoms with E-state index in [2.05, 4.69) is 126 Å². The Morgan fingerprint density at radius 1 is 0.855 bits per heavy atom. The van der Waals surface area contributed by atoms with Crippen LogP contribution in [0.15, 0.2) is 12.7 Å². The molecular formula is C50H108N4S. The third-order valence-corrected chi connectivity index (χ3v) is 13.1. The number of hydrogen-bond acceptors (Lipinski definition) is 5. The predicted molar refractivity (Wildman–Crippen MR) is 260 cm³/mol. The van der Waals surface area contributed by atoms with Crippen LogP contribution in [0.5, 0.6) is 0 Å². The summed E-state index contributed by atoms with van der Waals surface area (Å²) in [7, 11) is 1.98. The van der Waals surface area contributed by atoms with Crippen molar-refractivity contribution in [3.63, 3.8) is 0 Å². The zero-order chi connectivity index (χ0) is 44.5. The van der Waals surface area contributed by atoms with Gasteiger partial charge in [-0.15, -0.1) is 18.9 Å². The molecule has 2 aliphatic carbocycles. The third kappa shape index (κ3) is 31.1. The Kier molecular flexibility index (Phi) is 45.1. The first-order valence-electron chi connectivity index (χ1n) is 23.3. The first-order valence-corrected chi connectivity index (χ1v) is 24.5. The van der Waals surface area contributed by atoms with Gasteiger partial charge in [0.1, 0.15) is 0 Å². The number of nitrogens with two attached hydrogens (primary N) is 2. The van der Waals surface area contributed by atoms with Gasteiger partial charge < -0.3 is 5.73 Å². The van der Waals surface area contributed by atoms with Crippen LogP contribution < -0.4 is 16.3 Å². The van der Waals surface area contributed by atoms with Gasteiger partial charge in [0.05, 0.1) is 0 Å². The van der Waals surface area contributed by atoms with Crippen molar-refractivity contribution in [3.05, 3.63) is 12.7 Å². The van der Waals surface area contributed by atoms with Crippen molar-refractivity contribution in [2.45, 2.75) is 220 Å². The second kappa shape index (κ2) is 39.0. The minimum atomic E-state index is -0.0988. The molecule has 2 saturated carbocycles. The van der Waals surface area contributed by atoms with Crippen molar-refractivity contribution < 1.29 is 0 Å². The molecule has 55 heavy (non-hydrogen) atoms. The van der Waals surface area contributed by atoms with Gasteiger partial charge in [-0.2, -0.15) is 0 Å². The van der Waals surface area contributed by atoms with Crippen LogP contribution in [0.4, 0.5) is 0 Å². The SMILES string of the molecule is C#CC.C=CC(C)C[C@H](C)CC(C)C[C@@H](C)C(NSC)C(C)C(C)[C@](C)(N)CC.CC.CC.CC.CC1CC(C)CC(N(C)N)C1.CC1CCCC(C)C1C. The molecule has 0 spiro atoms. The highest BCUT2D eigenvalue weighted by Gasteiger charge is 2.35. The summed E-state index contributed by atoms with van der Waals surface area (Å²) in [4.78, 5) is 0. The summed E-state index contributed by atoms with van der Waals surface area (Å²) in [6.07, 6.45) is 22.0. The fourth-order valence-corrected chi connectivity index (χ4v) is 9.31. The Morgan fingerprint density at radius 3 is 1.62 bits per heavy atom. The Bertz CT molecular complexity index is 833. The number of rotatable bonds is 15. The highest BCUT2D eigenvalue weighted by Crippen LogP contribution is 2.35. The van der Waals surface area contributed by atoms with E-state index in [0.717, 1.165) is 47.8 Å². The average Bonchev–Trinajstić information content (AvgIpc) is 3.14. The highest BCUT2D eigenvalue weighted by molar-refractivity contribution is 7.96. The maximum absolute atomic E-state index is 6.58. The van der Waals surface area contributed by atoms with Gasteiger partial charge in [0, 0.05) is 24.7 Å². The minimum absolute atomic E-state index is 0.0988. The highest BCUT2D eigenvalue weighted by atomic mass is 32.2. The zero-order valence-corrected chi connectivity index (χ0v) is 42.8. The standard InChI is InChI=1S/C23H48N2S.C9H20N2.C9H18.C3H4.3C2H6/c1-11-16(3)13-17(4)14-18(5)15-19(6)22(25-26-10)20(7)21(8)23(9,24)12-2;1-7-4-8(2)6-9(5-7)11(3)10;1-7-5-4-6-8(2)9(7)3;1-3-2;3*1-2/h11,16-22,25H,1,12-15,24H2,2-10H3;7-9H,4-6,10H2,1-3H3;7-9H,4-6H2,1-3H3;1H,2H3;3*1-2H3/t16?,17-,18?,19+,20?,21?,22?,23+;;;;;;/m0....../s1. The van der Waals surface area contributed by atoms with E-state index < -0.39 is 0 Å². The molecule has 0 amide bonds. The zero-order valence-electron chi connectivity index (χ0n) is 41.9. The van der Waals surface area contributed by atoms with Crippen molar-refractivity contribution in [2.75, 3.05) is 13.3 Å². The van der Waals surface area contributed by atoms with E-state index in [-0.39, 0.29) is 5.54 Å². The fourth-order valence-electron chi connectivity index (χ4n) is 8.59. The molecule has 5 heteroatoms. The third-order valence-electron chi connectivity index (χ3n) is 12.6. The number of nitrogens with one attached hydrogen (secondary N) is 1. The molecule has 9 unspecified atom stereocenters. The van der Waals surface area contributed by atoms with E-state index in [0.29, 0.717) is 35.8 Å². The summed E-state index contributed by atoms with van der Waals surface area (Å²) in [6.45, 7) is 48.0. The lowest BCUT2D eigenvalue weighted by molar-refractivity contribution is 0.135. The van der Waals surface area contributed by atoms with Gasteiger partial charge in [-0.05, 0) is 130 Å². The monoisotopic (exact) mass is 797 g/mol. The van der Waals surface area contributed by atoms with Crippen molar-refractivity contribution in [3.8, 4) is 12.3 Å². The molecule has 0 aliphatic heterocycles. The lowest BCUT2D eigenvalue weighted by Crippen LogP contribution is -2.50. The summed E-state index contributed by atoms with van der Waals surface area (Å²) in [5.74, 6) is 16.4. The maximum atomic E-state index is 6.58. The van der Waals surface area contributed by atoms with E-state index in [1.54, 1.807) is 18.9 Å². The Morgan fingerprint density at radius 2 is 1.27 bits per heavy atom. The van der Waals surface area contributed by atoms with Gasteiger partial charge in [-0.25, -0.2) is 5.01 Å². The van der Waals surface area contributed by atoms with Crippen LogP contribution in [-0.4, -0.2) is 35.9 Å². The molecule has 2 rings (SSSR count). The molecule has 0 aromatic rings. The average molecular weight is 798 g/mol. The van der Waals surface area contributed by atoms with Gasteiger partial charge in [0.2, 0.25) is 0 Å². The molecular weight excluding hydrogens is 689 g/mol. The number of hydrogen-bond donors (Lipinski definition) is 3. The molecule has 2 aliphatic rings. The molecule has 0 saturated heterocycles. The molecule has 0 radical (unpaired) electrons. The van der Waals surface area contributed by atoms with Crippen LogP contribution in [0, 0.1) is 77.4 Å². The lowest BCUT2D eigenvalue weighted by atomic mass is 9.71. The summed E-state index contributed by atoms with van der Waals surface area (Å²) in [5.41, 5.74) is 6.48. The molecule has 12 atom stereocenters. The lowest BCUT2D eigenvalue weighted by Gasteiger charge is -2.41. The molecule has 0 heterocycles. The molecule has 0 aromatic heterocycles. The number of nitrogens with zero attached hydrogens (tertiary/aromatic N) is 1. The van der Waals surface area contributed by atoms with Crippen molar-refractivity contribution in [1.29, 1.82) is 0 Å². The van der Waals surface area contributed by atoms with Crippen molar-refractivity contribution in [1.82, 2.24) is 9.73 Å². The largest absolute Gasteiger partial charge is 0.325 e. The molecule has 0 bridgehead atoms. The molecule has 0 aromatic carbocycles. The van der Waals surface area contributed by atoms with Crippen LogP contribution in [-0.2, 0) is 0 Å². The molecule has 4 nitrogen and oxygen atoms in total. The summed E-state index contributed by atoms with van der Waals surface area (Å²) in [5, 5.41) is 1.88. The molecule has 334 valence electrons. The Labute approximate surface area is 355 Å². The second-order valence-corrected chi connectivity index (χ2v) is 18.4. The van der Waals surface area contributed by atoms with Gasteiger partial charge in [0.25, 0.3) is 0 Å². The smallest absolute Gasteiger partial charge is 0.0243 e. The summed E-state index contributed by atoms with van der Waals surface area (Å²) < 4.78 is 3.71. The van der Waals surface area contributed by atoms with Crippen molar-refractivity contribution in [2.24, 2.45) is 76.7 Å². The normalized spacial score (nSPS) is 26.4. The van der Waals surface area contributed by atoms with Crippen LogP contribution in [0.25, 0.3) is 0 Å². The predicted octanol–water partition coefficient (Wildman–Crippen LogP) is 14.9. The van der Waals surface area contributed by atoms with Gasteiger partial charge in [0.15, 0.2) is 0 Å². The van der Waals surface area contributed by atoms with E-state index >= 15 is 0 Å². The molecule has 2 fully saturated rings. The van der Waals surface area contributed by atoms with E-state index in [1.165, 1.54) is 57.8 Å². The van der Waals surface area contributed by atoms with Crippen LogP contribution in [0.3, 0.4) is 0 Å². The van der Waals surface area contributed by atoms with Crippen LogP contribution >= 0.6 is 11.9 Å². The van der Waals surface area contributed by atoms with Crippen LogP contribution in [0.2, 0.25) is 0 Å². The second-order valence-electron chi connectivity index (χ2n) is 17.7. The first kappa shape index (κ1) is 63.7. The summed E-state index contributed by atoms with van der Waals surface area (Å²) >= 11 is 1.75. The van der Waals surface area contributed by atoms with Crippen LogP contribution in [0.1, 0.15) is 203 Å². The van der Waals surface area contributed by atoms with E-state index in [1.807, 2.05) is 53.6 Å². The number of allylic oxidation sites excluding steroid dienone is 1. The first-order chi connectivity index (χ1) is 25.7. The quantitative estimate of drug-likeness (QED) is 0.0506. The summed E-state index contributed by atoms with van der Waals surface area (Å²) in [6, 6.07) is 1.12. The van der Waals surface area contributed by atoms with Crippen molar-refractivity contribution >= 4 is 11.9 Å². The number of terminal acetylenes is 1. The van der Waals surface area contributed by atoms with Gasteiger partial charge in [-0.3, -0.25) is 10.6 Å².